The average Bonchev–Trinajstić information content (AvgIpc) is 2.60. The van der Waals surface area contributed by atoms with E-state index >= 15 is 0 Å². The predicted octanol–water partition coefficient (Wildman–Crippen LogP) is 1.74. The number of nitrogens with zero attached hydrogens (tertiary/aromatic N) is 1. The zero-order chi connectivity index (χ0) is 10.7. The van der Waals surface area contributed by atoms with Gasteiger partial charge in [0.05, 0.1) is 12.3 Å². The summed E-state index contributed by atoms with van der Waals surface area (Å²) in [6.07, 6.45) is 4.71. The van der Waals surface area contributed by atoms with Crippen molar-refractivity contribution in [1.29, 1.82) is 0 Å². The van der Waals surface area contributed by atoms with Gasteiger partial charge in [-0.3, -0.25) is 0 Å². The molecule has 1 aliphatic carbocycles. The Labute approximate surface area is 94.7 Å². The van der Waals surface area contributed by atoms with Gasteiger partial charge >= 0.3 is 0 Å². The van der Waals surface area contributed by atoms with Crippen molar-refractivity contribution in [1.82, 2.24) is 4.98 Å². The second kappa shape index (κ2) is 5.05. The van der Waals surface area contributed by atoms with E-state index < -0.39 is 0 Å². The molecule has 0 amide bonds. The maximum atomic E-state index is 5.59. The van der Waals surface area contributed by atoms with Gasteiger partial charge in [-0.15, -0.1) is 11.3 Å². The summed E-state index contributed by atoms with van der Waals surface area (Å²) in [6.45, 7) is 1.45. The normalized spacial score (nSPS) is 20.3. The van der Waals surface area contributed by atoms with Crippen LogP contribution >= 0.6 is 11.3 Å². The van der Waals surface area contributed by atoms with Crippen LogP contribution in [0.25, 0.3) is 0 Å². The highest BCUT2D eigenvalue weighted by atomic mass is 32.1. The Morgan fingerprint density at radius 1 is 1.60 bits per heavy atom. The van der Waals surface area contributed by atoms with E-state index in [0.29, 0.717) is 6.61 Å². The Bertz CT molecular complexity index is 324. The fourth-order valence-electron chi connectivity index (χ4n) is 2.17. The van der Waals surface area contributed by atoms with Gasteiger partial charge in [0.15, 0.2) is 0 Å². The van der Waals surface area contributed by atoms with Crippen molar-refractivity contribution in [3.63, 3.8) is 0 Å². The molecule has 1 unspecified atom stereocenters. The number of hydrogen-bond donors (Lipinski definition) is 1. The molecule has 0 aliphatic heterocycles. The van der Waals surface area contributed by atoms with Gasteiger partial charge in [-0.25, -0.2) is 4.98 Å². The van der Waals surface area contributed by atoms with E-state index in [9.17, 15) is 0 Å². The number of thiazole rings is 1. The van der Waals surface area contributed by atoms with Crippen LogP contribution in [0.4, 0.5) is 0 Å². The summed E-state index contributed by atoms with van der Waals surface area (Å²) in [5.41, 5.74) is 6.90. The Kier molecular flexibility index (Phi) is 3.72. The lowest BCUT2D eigenvalue weighted by atomic mass is 9.88. The van der Waals surface area contributed by atoms with Gasteiger partial charge in [-0.05, 0) is 38.1 Å². The number of fused-ring (bicyclic) bond motifs is 1. The molecular formula is C11H18N2OS. The molecule has 3 nitrogen and oxygen atoms in total. The van der Waals surface area contributed by atoms with E-state index in [0.717, 1.165) is 30.3 Å². The fraction of sp³-hybridized carbons (Fsp3) is 0.727. The smallest absolute Gasteiger partial charge is 0.119 e. The lowest BCUT2D eigenvalue weighted by molar-refractivity contribution is 0.184. The highest BCUT2D eigenvalue weighted by Gasteiger charge is 2.21. The number of rotatable bonds is 4. The summed E-state index contributed by atoms with van der Waals surface area (Å²) >= 11 is 1.81. The van der Waals surface area contributed by atoms with Crippen molar-refractivity contribution in [3.05, 3.63) is 15.6 Å². The second-order valence-corrected chi connectivity index (χ2v) is 5.26. The molecule has 2 N–H and O–H groups in total. The van der Waals surface area contributed by atoms with E-state index in [1.54, 1.807) is 7.11 Å². The maximum Gasteiger partial charge on any atom is 0.119 e. The molecule has 0 spiro atoms. The van der Waals surface area contributed by atoms with Crippen molar-refractivity contribution in [3.8, 4) is 0 Å². The first-order valence-corrected chi connectivity index (χ1v) is 6.31. The standard InChI is InChI=1S/C11H18N2OS/c1-14-7-11-13-9-6-8(4-5-12)2-3-10(9)15-11/h8H,2-7,12H2,1H3. The molecule has 0 radical (unpaired) electrons. The number of ether oxygens (including phenoxy) is 1. The van der Waals surface area contributed by atoms with Crippen LogP contribution in [0.3, 0.4) is 0 Å². The number of aryl methyl sites for hydroxylation is 1. The molecule has 1 aromatic rings. The van der Waals surface area contributed by atoms with Gasteiger partial charge in [-0.1, -0.05) is 0 Å². The zero-order valence-electron chi connectivity index (χ0n) is 9.16. The third kappa shape index (κ3) is 2.56. The first-order valence-electron chi connectivity index (χ1n) is 5.50. The largest absolute Gasteiger partial charge is 0.378 e. The number of methoxy groups -OCH3 is 1. The van der Waals surface area contributed by atoms with Gasteiger partial charge in [0.25, 0.3) is 0 Å². The summed E-state index contributed by atoms with van der Waals surface area (Å²) < 4.78 is 5.11. The fourth-order valence-corrected chi connectivity index (χ4v) is 3.25. The first-order chi connectivity index (χ1) is 7.33. The molecule has 2 rings (SSSR count). The van der Waals surface area contributed by atoms with Gasteiger partial charge in [-0.2, -0.15) is 0 Å². The van der Waals surface area contributed by atoms with Gasteiger partial charge in [0, 0.05) is 12.0 Å². The lowest BCUT2D eigenvalue weighted by Gasteiger charge is -2.19. The van der Waals surface area contributed by atoms with Crippen molar-refractivity contribution >= 4 is 11.3 Å². The molecule has 0 saturated carbocycles. The minimum Gasteiger partial charge on any atom is -0.378 e. The highest BCUT2D eigenvalue weighted by Crippen LogP contribution is 2.31. The van der Waals surface area contributed by atoms with Gasteiger partial charge in [0.2, 0.25) is 0 Å². The molecule has 1 aliphatic rings. The number of aromatic nitrogens is 1. The van der Waals surface area contributed by atoms with Crippen molar-refractivity contribution in [2.75, 3.05) is 13.7 Å². The Hall–Kier alpha value is -0.450. The van der Waals surface area contributed by atoms with Crippen molar-refractivity contribution in [2.24, 2.45) is 11.7 Å². The van der Waals surface area contributed by atoms with Crippen molar-refractivity contribution in [2.45, 2.75) is 32.3 Å². The minimum absolute atomic E-state index is 0.652. The van der Waals surface area contributed by atoms with Crippen LogP contribution < -0.4 is 5.73 Å². The summed E-state index contributed by atoms with van der Waals surface area (Å²) in [7, 11) is 1.72. The van der Waals surface area contributed by atoms with E-state index in [2.05, 4.69) is 4.98 Å². The van der Waals surface area contributed by atoms with Gasteiger partial charge in [0.1, 0.15) is 5.01 Å². The lowest BCUT2D eigenvalue weighted by Crippen LogP contribution is -2.16. The number of hydrogen-bond acceptors (Lipinski definition) is 4. The van der Waals surface area contributed by atoms with Crippen molar-refractivity contribution < 1.29 is 4.74 Å². The Morgan fingerprint density at radius 3 is 3.20 bits per heavy atom. The SMILES string of the molecule is COCc1nc2c(s1)CCC(CCN)C2. The molecule has 0 bridgehead atoms. The molecule has 1 heterocycles. The molecule has 84 valence electrons. The molecule has 15 heavy (non-hydrogen) atoms. The first kappa shape index (κ1) is 11.0. The van der Waals surface area contributed by atoms with Crippen LogP contribution in [0.1, 0.15) is 28.4 Å². The Morgan fingerprint density at radius 2 is 2.47 bits per heavy atom. The third-order valence-electron chi connectivity index (χ3n) is 2.93. The molecule has 1 atom stereocenters. The zero-order valence-corrected chi connectivity index (χ0v) is 9.98. The van der Waals surface area contributed by atoms with Crippen LogP contribution in [0.5, 0.6) is 0 Å². The highest BCUT2D eigenvalue weighted by molar-refractivity contribution is 7.11. The third-order valence-corrected chi connectivity index (χ3v) is 4.06. The van der Waals surface area contributed by atoms with Crippen LogP contribution in [-0.4, -0.2) is 18.6 Å². The summed E-state index contributed by atoms with van der Waals surface area (Å²) in [5.74, 6) is 0.750. The average molecular weight is 226 g/mol. The van der Waals surface area contributed by atoms with Crippen LogP contribution in [0.15, 0.2) is 0 Å². The maximum absolute atomic E-state index is 5.59. The number of nitrogens with two attached hydrogens (primary N) is 1. The second-order valence-electron chi connectivity index (χ2n) is 4.10. The topological polar surface area (TPSA) is 48.1 Å². The van der Waals surface area contributed by atoms with E-state index in [4.69, 9.17) is 10.5 Å². The Balaban J connectivity index is 2.05. The van der Waals surface area contributed by atoms with Crippen LogP contribution in [0.2, 0.25) is 0 Å². The van der Waals surface area contributed by atoms with E-state index in [1.807, 2.05) is 11.3 Å². The van der Waals surface area contributed by atoms with Crippen LogP contribution in [0, 0.1) is 5.92 Å². The molecule has 1 aromatic heterocycles. The van der Waals surface area contributed by atoms with E-state index in [1.165, 1.54) is 23.4 Å². The molecule has 4 heteroatoms. The van der Waals surface area contributed by atoms with E-state index in [-0.39, 0.29) is 0 Å². The van der Waals surface area contributed by atoms with Crippen LogP contribution in [-0.2, 0) is 24.2 Å². The molecule has 0 aromatic carbocycles. The quantitative estimate of drug-likeness (QED) is 0.850. The monoisotopic (exact) mass is 226 g/mol. The molecule has 0 saturated heterocycles. The summed E-state index contributed by atoms with van der Waals surface area (Å²) in [6, 6.07) is 0. The minimum atomic E-state index is 0.652. The molecule has 0 fully saturated rings. The summed E-state index contributed by atoms with van der Waals surface area (Å²) in [4.78, 5) is 6.09. The summed E-state index contributed by atoms with van der Waals surface area (Å²) in [5, 5.41) is 1.12. The molecular weight excluding hydrogens is 208 g/mol. The predicted molar refractivity (Wildman–Crippen MR) is 62.0 cm³/mol. The van der Waals surface area contributed by atoms with Gasteiger partial charge < -0.3 is 10.5 Å².